The minimum Gasteiger partial charge on any atom is -0.490 e. The molecule has 0 saturated heterocycles. The van der Waals surface area contributed by atoms with Crippen molar-refractivity contribution in [3.8, 4) is 5.75 Å². The fourth-order valence-electron chi connectivity index (χ4n) is 2.86. The molecule has 0 atom stereocenters. The van der Waals surface area contributed by atoms with Gasteiger partial charge < -0.3 is 20.5 Å². The summed E-state index contributed by atoms with van der Waals surface area (Å²) in [5.41, 5.74) is 6.81. The van der Waals surface area contributed by atoms with Crippen LogP contribution in [0.2, 0.25) is 0 Å². The number of fused-ring (bicyclic) bond motifs is 1. The number of nitrogens with two attached hydrogens (primary N) is 1. The molecule has 1 amide bonds. The molecule has 0 saturated carbocycles. The fourth-order valence-corrected chi connectivity index (χ4v) is 3.70. The second kappa shape index (κ2) is 8.28. The Morgan fingerprint density at radius 2 is 2.07 bits per heavy atom. The number of amidine groups is 1. The molecule has 0 spiro atoms. The van der Waals surface area contributed by atoms with E-state index in [0.717, 1.165) is 0 Å². The number of amides is 1. The number of ether oxygens (including phenoxy) is 2. The molecule has 0 unspecified atom stereocenters. The first-order valence-corrected chi connectivity index (χ1v) is 10.4. The van der Waals surface area contributed by atoms with Crippen LogP contribution in [0.25, 0.3) is 0 Å². The molecule has 1 aliphatic rings. The lowest BCUT2D eigenvalue weighted by Gasteiger charge is -2.27. The van der Waals surface area contributed by atoms with Gasteiger partial charge >= 0.3 is 10.2 Å². The lowest BCUT2D eigenvalue weighted by atomic mass is 10.1. The average molecular weight is 433 g/mol. The van der Waals surface area contributed by atoms with Crippen LogP contribution >= 0.6 is 0 Å². The number of carbonyl (C=O) groups is 1. The van der Waals surface area contributed by atoms with Crippen LogP contribution in [0.1, 0.15) is 35.5 Å². The van der Waals surface area contributed by atoms with Crippen LogP contribution in [0.15, 0.2) is 40.9 Å². The van der Waals surface area contributed by atoms with Crippen molar-refractivity contribution < 1.29 is 22.7 Å². The van der Waals surface area contributed by atoms with Gasteiger partial charge in [-0.05, 0) is 38.1 Å². The first-order valence-electron chi connectivity index (χ1n) is 9.01. The number of hydrogen-bond acceptors (Lipinski definition) is 7. The molecule has 1 aliphatic heterocycles. The summed E-state index contributed by atoms with van der Waals surface area (Å²) in [6, 6.07) is 8.12. The SMILES string of the molecule is COCc1cc(C(=O)NC(C)(C)COc2cccc3c2C(N)=NS(=O)(=O)N3)ccn1. The van der Waals surface area contributed by atoms with Crippen LogP contribution in [0, 0.1) is 0 Å². The number of anilines is 1. The predicted molar refractivity (Wildman–Crippen MR) is 112 cm³/mol. The van der Waals surface area contributed by atoms with Gasteiger partial charge in [0, 0.05) is 18.9 Å². The molecule has 1 aromatic heterocycles. The maximum absolute atomic E-state index is 12.6. The molecule has 3 rings (SSSR count). The van der Waals surface area contributed by atoms with Crippen LogP contribution in [-0.2, 0) is 21.6 Å². The van der Waals surface area contributed by atoms with Gasteiger partial charge in [-0.15, -0.1) is 4.40 Å². The van der Waals surface area contributed by atoms with Gasteiger partial charge in [-0.25, -0.2) is 0 Å². The second-order valence-corrected chi connectivity index (χ2v) is 8.66. The molecule has 4 N–H and O–H groups in total. The minimum atomic E-state index is -3.87. The van der Waals surface area contributed by atoms with E-state index < -0.39 is 15.7 Å². The van der Waals surface area contributed by atoms with E-state index in [9.17, 15) is 13.2 Å². The van der Waals surface area contributed by atoms with Crippen LogP contribution in [0.3, 0.4) is 0 Å². The van der Waals surface area contributed by atoms with Crippen molar-refractivity contribution in [2.45, 2.75) is 26.0 Å². The maximum atomic E-state index is 12.6. The average Bonchev–Trinajstić information content (AvgIpc) is 2.65. The first-order chi connectivity index (χ1) is 14.1. The van der Waals surface area contributed by atoms with E-state index in [2.05, 4.69) is 19.4 Å². The van der Waals surface area contributed by atoms with E-state index in [1.165, 1.54) is 0 Å². The lowest BCUT2D eigenvalue weighted by Crippen LogP contribution is -2.48. The van der Waals surface area contributed by atoms with Crippen LogP contribution in [0.4, 0.5) is 5.69 Å². The molecule has 0 bridgehead atoms. The standard InChI is InChI=1S/C19H23N5O5S/c1-19(2,22-18(25)12-7-8-21-13(9-12)10-28-3)11-29-15-6-4-5-14-16(15)17(20)24-30(26,27)23-14/h4-9,23H,10-11H2,1-3H3,(H2,20,24)(H,22,25). The van der Waals surface area contributed by atoms with Crippen molar-refractivity contribution in [3.63, 3.8) is 0 Å². The Morgan fingerprint density at radius 1 is 1.30 bits per heavy atom. The summed E-state index contributed by atoms with van der Waals surface area (Å²) in [6.07, 6.45) is 1.55. The summed E-state index contributed by atoms with van der Waals surface area (Å²) < 4.78 is 40.1. The summed E-state index contributed by atoms with van der Waals surface area (Å²) >= 11 is 0. The monoisotopic (exact) mass is 433 g/mol. The van der Waals surface area contributed by atoms with Gasteiger partial charge in [0.1, 0.15) is 12.4 Å². The highest BCUT2D eigenvalue weighted by atomic mass is 32.2. The third kappa shape index (κ3) is 5.05. The molecule has 10 nitrogen and oxygen atoms in total. The molecule has 160 valence electrons. The van der Waals surface area contributed by atoms with E-state index in [1.54, 1.807) is 57.5 Å². The van der Waals surface area contributed by atoms with E-state index in [-0.39, 0.29) is 24.0 Å². The van der Waals surface area contributed by atoms with Gasteiger partial charge in [0.2, 0.25) is 0 Å². The van der Waals surface area contributed by atoms with Crippen molar-refractivity contribution >= 4 is 27.6 Å². The molecule has 2 aromatic rings. The number of benzene rings is 1. The molecular formula is C19H23N5O5S. The Balaban J connectivity index is 1.72. The molecule has 1 aromatic carbocycles. The molecule has 30 heavy (non-hydrogen) atoms. The van der Waals surface area contributed by atoms with Gasteiger partial charge in [-0.1, -0.05) is 6.07 Å². The molecular weight excluding hydrogens is 410 g/mol. The number of methoxy groups -OCH3 is 1. The van der Waals surface area contributed by atoms with Crippen LogP contribution < -0.4 is 20.5 Å². The Labute approximate surface area is 174 Å². The van der Waals surface area contributed by atoms with Gasteiger partial charge in [0.25, 0.3) is 5.91 Å². The van der Waals surface area contributed by atoms with E-state index in [4.69, 9.17) is 15.2 Å². The molecule has 0 radical (unpaired) electrons. The molecule has 11 heteroatoms. The summed E-state index contributed by atoms with van der Waals surface area (Å²) in [6.45, 7) is 4.01. The zero-order chi connectivity index (χ0) is 21.9. The van der Waals surface area contributed by atoms with Gasteiger partial charge in [-0.2, -0.15) is 8.42 Å². The molecule has 2 heterocycles. The smallest absolute Gasteiger partial charge is 0.344 e. The number of nitrogens with one attached hydrogen (secondary N) is 2. The van der Waals surface area contributed by atoms with Gasteiger partial charge in [0.05, 0.1) is 29.1 Å². The highest BCUT2D eigenvalue weighted by Gasteiger charge is 2.27. The Kier molecular flexibility index (Phi) is 5.94. The fraction of sp³-hybridized carbons (Fsp3) is 0.316. The summed E-state index contributed by atoms with van der Waals surface area (Å²) in [7, 11) is -2.32. The molecule has 0 fully saturated rings. The normalized spacial score (nSPS) is 14.8. The summed E-state index contributed by atoms with van der Waals surface area (Å²) in [5, 5.41) is 2.91. The van der Waals surface area contributed by atoms with Crippen molar-refractivity contribution in [3.05, 3.63) is 53.3 Å². The maximum Gasteiger partial charge on any atom is 0.344 e. The van der Waals surface area contributed by atoms with Crippen molar-refractivity contribution in [2.24, 2.45) is 10.1 Å². The van der Waals surface area contributed by atoms with Crippen molar-refractivity contribution in [2.75, 3.05) is 18.4 Å². The van der Waals surface area contributed by atoms with E-state index >= 15 is 0 Å². The van der Waals surface area contributed by atoms with Crippen molar-refractivity contribution in [1.82, 2.24) is 10.3 Å². The second-order valence-electron chi connectivity index (χ2n) is 7.33. The largest absolute Gasteiger partial charge is 0.490 e. The predicted octanol–water partition coefficient (Wildman–Crippen LogP) is 1.19. The zero-order valence-corrected chi connectivity index (χ0v) is 17.6. The number of rotatable bonds is 7. The number of aromatic nitrogens is 1. The molecule has 0 aliphatic carbocycles. The highest BCUT2D eigenvalue weighted by Crippen LogP contribution is 2.30. The number of hydrogen-bond donors (Lipinski definition) is 3. The van der Waals surface area contributed by atoms with Crippen LogP contribution in [0.5, 0.6) is 5.75 Å². The summed E-state index contributed by atoms with van der Waals surface area (Å²) in [4.78, 5) is 16.8. The van der Waals surface area contributed by atoms with Crippen molar-refractivity contribution in [1.29, 1.82) is 0 Å². The number of nitrogens with zero attached hydrogens (tertiary/aromatic N) is 2. The van der Waals surface area contributed by atoms with Crippen LogP contribution in [-0.4, -0.2) is 44.4 Å². The lowest BCUT2D eigenvalue weighted by molar-refractivity contribution is 0.0880. The van der Waals surface area contributed by atoms with Gasteiger partial charge in [0.15, 0.2) is 5.84 Å². The number of pyridine rings is 1. The summed E-state index contributed by atoms with van der Waals surface area (Å²) in [5.74, 6) is -0.0966. The Hall–Kier alpha value is -3.18. The third-order valence-corrected chi connectivity index (χ3v) is 5.07. The minimum absolute atomic E-state index is 0.102. The highest BCUT2D eigenvalue weighted by molar-refractivity contribution is 7.91. The quantitative estimate of drug-likeness (QED) is 0.595. The zero-order valence-electron chi connectivity index (χ0n) is 16.8. The number of carbonyl (C=O) groups excluding carboxylic acids is 1. The first kappa shape index (κ1) is 21.5. The van der Waals surface area contributed by atoms with Gasteiger partial charge in [-0.3, -0.25) is 14.5 Å². The van der Waals surface area contributed by atoms with E-state index in [1.807, 2.05) is 0 Å². The Bertz CT molecular complexity index is 1100. The topological polar surface area (TPSA) is 145 Å². The Morgan fingerprint density at radius 3 is 2.80 bits per heavy atom. The van der Waals surface area contributed by atoms with E-state index in [0.29, 0.717) is 29.2 Å². The third-order valence-electron chi connectivity index (χ3n) is 4.15.